The highest BCUT2D eigenvalue weighted by atomic mass is 79.9. The number of methoxy groups -OCH3 is 1. The van der Waals surface area contributed by atoms with Crippen LogP contribution in [0.25, 0.3) is 33.0 Å². The third-order valence-corrected chi connectivity index (χ3v) is 7.41. The molecule has 2 unspecified atom stereocenters. The minimum Gasteiger partial charge on any atom is -0.381 e. The number of thiophene rings is 1. The third kappa shape index (κ3) is 3.53. The summed E-state index contributed by atoms with van der Waals surface area (Å²) in [5, 5.41) is 4.76. The topological polar surface area (TPSA) is 64.9 Å². The molecule has 0 radical (unpaired) electrons. The van der Waals surface area contributed by atoms with Gasteiger partial charge in [0.1, 0.15) is 10.6 Å². The predicted molar refractivity (Wildman–Crippen MR) is 125 cm³/mol. The highest BCUT2D eigenvalue weighted by Gasteiger charge is 2.27. The first kappa shape index (κ1) is 19.7. The van der Waals surface area contributed by atoms with Crippen LogP contribution in [0, 0.1) is 0 Å². The number of hydrogen-bond donors (Lipinski definition) is 1. The molecule has 8 heteroatoms. The van der Waals surface area contributed by atoms with Crippen LogP contribution in [0.4, 0.5) is 5.82 Å². The van der Waals surface area contributed by atoms with Crippen LogP contribution in [0.1, 0.15) is 19.3 Å². The zero-order chi connectivity index (χ0) is 20.7. The van der Waals surface area contributed by atoms with Gasteiger partial charge in [-0.25, -0.2) is 15.0 Å². The van der Waals surface area contributed by atoms with Gasteiger partial charge < -0.3 is 14.6 Å². The lowest BCUT2D eigenvalue weighted by Crippen LogP contribution is -2.18. The number of anilines is 1. The largest absolute Gasteiger partial charge is 0.381 e. The van der Waals surface area contributed by atoms with E-state index >= 15 is 0 Å². The zero-order valence-electron chi connectivity index (χ0n) is 16.8. The number of ether oxygens (including phenoxy) is 1. The van der Waals surface area contributed by atoms with E-state index in [1.807, 2.05) is 23.9 Å². The highest BCUT2D eigenvalue weighted by Crippen LogP contribution is 2.45. The minimum atomic E-state index is 0.302. The molecule has 0 aliphatic heterocycles. The number of benzene rings is 1. The summed E-state index contributed by atoms with van der Waals surface area (Å²) < 4.78 is 8.57. The average Bonchev–Trinajstić information content (AvgIpc) is 3.46. The number of nitrogens with one attached hydrogen (secondary N) is 1. The summed E-state index contributed by atoms with van der Waals surface area (Å²) in [7, 11) is 3.75. The summed E-state index contributed by atoms with van der Waals surface area (Å²) in [5.74, 6) is 2.25. The van der Waals surface area contributed by atoms with E-state index in [1.165, 1.54) is 0 Å². The smallest absolute Gasteiger partial charge is 0.199 e. The summed E-state index contributed by atoms with van der Waals surface area (Å²) in [4.78, 5) is 15.2. The lowest BCUT2D eigenvalue weighted by molar-refractivity contribution is 0.108. The van der Waals surface area contributed by atoms with E-state index in [0.29, 0.717) is 18.0 Å². The quantitative estimate of drug-likeness (QED) is 0.405. The van der Waals surface area contributed by atoms with Crippen molar-refractivity contribution in [2.24, 2.45) is 7.05 Å². The average molecular weight is 484 g/mol. The molecule has 30 heavy (non-hydrogen) atoms. The van der Waals surface area contributed by atoms with Crippen molar-refractivity contribution < 1.29 is 4.74 Å². The Morgan fingerprint density at radius 2 is 2.03 bits per heavy atom. The maximum atomic E-state index is 5.57. The zero-order valence-corrected chi connectivity index (χ0v) is 19.2. The van der Waals surface area contributed by atoms with Crippen molar-refractivity contribution in [2.75, 3.05) is 12.4 Å². The fourth-order valence-electron chi connectivity index (χ4n) is 4.10. The molecule has 1 aliphatic carbocycles. The van der Waals surface area contributed by atoms with Crippen molar-refractivity contribution in [3.05, 3.63) is 46.5 Å². The van der Waals surface area contributed by atoms with Gasteiger partial charge in [0, 0.05) is 38.2 Å². The maximum absolute atomic E-state index is 5.57. The molecule has 0 bridgehead atoms. The molecule has 0 saturated heterocycles. The van der Waals surface area contributed by atoms with E-state index in [0.717, 1.165) is 56.0 Å². The van der Waals surface area contributed by atoms with E-state index in [9.17, 15) is 0 Å². The number of nitrogens with zero attached hydrogens (tertiary/aromatic N) is 4. The minimum absolute atomic E-state index is 0.302. The third-order valence-electron chi connectivity index (χ3n) is 5.65. The van der Waals surface area contributed by atoms with Crippen LogP contribution >= 0.6 is 27.3 Å². The molecule has 1 aliphatic rings. The number of imidazole rings is 1. The van der Waals surface area contributed by atoms with Gasteiger partial charge in [-0.3, -0.25) is 0 Å². The first-order valence-corrected chi connectivity index (χ1v) is 11.6. The second-order valence-electron chi connectivity index (χ2n) is 7.57. The second-order valence-corrected chi connectivity index (χ2v) is 9.88. The molecule has 1 aromatic carbocycles. The Labute approximate surface area is 187 Å². The Bertz CT molecular complexity index is 1190. The van der Waals surface area contributed by atoms with E-state index in [2.05, 4.69) is 50.5 Å². The van der Waals surface area contributed by atoms with Gasteiger partial charge >= 0.3 is 0 Å². The van der Waals surface area contributed by atoms with E-state index < -0.39 is 0 Å². The summed E-state index contributed by atoms with van der Waals surface area (Å²) in [6.45, 7) is 0. The van der Waals surface area contributed by atoms with Crippen molar-refractivity contribution in [2.45, 2.75) is 31.4 Å². The normalized spacial score (nSPS) is 18.9. The Kier molecular flexibility index (Phi) is 5.30. The standard InChI is InChI=1S/C22H22BrN5OS/c1-28-11-10-24-21(28)20-26-19(25-14-8-9-15(12-14)29-2)17-16(13-6-4-3-5-7-13)18(23)30-22(17)27-20/h3-7,10-11,14-15H,8-9,12H2,1-2H3,(H,25,26,27). The van der Waals surface area contributed by atoms with E-state index in [4.69, 9.17) is 14.7 Å². The summed E-state index contributed by atoms with van der Waals surface area (Å²) >= 11 is 5.42. The molecule has 6 nitrogen and oxygen atoms in total. The fourth-order valence-corrected chi connectivity index (χ4v) is 5.91. The van der Waals surface area contributed by atoms with Gasteiger partial charge in [-0.15, -0.1) is 11.3 Å². The van der Waals surface area contributed by atoms with Crippen LogP contribution in [0.5, 0.6) is 0 Å². The fraction of sp³-hybridized carbons (Fsp3) is 0.318. The van der Waals surface area contributed by atoms with Crippen molar-refractivity contribution in [1.29, 1.82) is 0 Å². The van der Waals surface area contributed by atoms with Crippen LogP contribution in [0.3, 0.4) is 0 Å². The van der Waals surface area contributed by atoms with Crippen LogP contribution in [0.15, 0.2) is 46.5 Å². The Hall–Kier alpha value is -2.29. The molecular weight excluding hydrogens is 462 g/mol. The first-order valence-electron chi connectivity index (χ1n) is 9.96. The van der Waals surface area contributed by atoms with Gasteiger partial charge in [-0.1, -0.05) is 30.3 Å². The SMILES string of the molecule is COC1CCC(Nc2nc(-c3nccn3C)nc3sc(Br)c(-c4ccccc4)c23)C1. The Morgan fingerprint density at radius 3 is 2.73 bits per heavy atom. The van der Waals surface area contributed by atoms with Crippen molar-refractivity contribution >= 4 is 43.3 Å². The molecule has 2 atom stereocenters. The molecule has 1 saturated carbocycles. The van der Waals surface area contributed by atoms with Crippen molar-refractivity contribution in [3.8, 4) is 22.8 Å². The van der Waals surface area contributed by atoms with Gasteiger partial charge in [-0.05, 0) is 40.8 Å². The van der Waals surface area contributed by atoms with E-state index in [1.54, 1.807) is 24.6 Å². The van der Waals surface area contributed by atoms with Crippen molar-refractivity contribution in [1.82, 2.24) is 19.5 Å². The Morgan fingerprint density at radius 1 is 1.20 bits per heavy atom. The Balaban J connectivity index is 1.68. The number of halogens is 1. The van der Waals surface area contributed by atoms with Gasteiger partial charge in [0.25, 0.3) is 0 Å². The molecule has 4 aromatic rings. The molecule has 0 spiro atoms. The molecule has 3 heterocycles. The maximum Gasteiger partial charge on any atom is 0.199 e. The lowest BCUT2D eigenvalue weighted by Gasteiger charge is -2.16. The number of fused-ring (bicyclic) bond motifs is 1. The van der Waals surface area contributed by atoms with Crippen LogP contribution < -0.4 is 5.32 Å². The monoisotopic (exact) mass is 483 g/mol. The molecular formula is C22H22BrN5OS. The van der Waals surface area contributed by atoms with Crippen LogP contribution in [0.2, 0.25) is 0 Å². The number of rotatable bonds is 5. The molecule has 0 amide bonds. The van der Waals surface area contributed by atoms with Crippen LogP contribution in [-0.2, 0) is 11.8 Å². The second kappa shape index (κ2) is 8.09. The highest BCUT2D eigenvalue weighted by molar-refractivity contribution is 9.11. The van der Waals surface area contributed by atoms with Gasteiger partial charge in [0.2, 0.25) is 0 Å². The van der Waals surface area contributed by atoms with Gasteiger partial charge in [-0.2, -0.15) is 0 Å². The number of hydrogen-bond acceptors (Lipinski definition) is 6. The summed E-state index contributed by atoms with van der Waals surface area (Å²) in [6, 6.07) is 10.7. The van der Waals surface area contributed by atoms with Crippen LogP contribution in [-0.4, -0.2) is 38.8 Å². The predicted octanol–water partition coefficient (Wildman–Crippen LogP) is 5.50. The molecule has 5 rings (SSSR count). The number of aryl methyl sites for hydroxylation is 1. The van der Waals surface area contributed by atoms with Gasteiger partial charge in [0.05, 0.1) is 15.3 Å². The lowest BCUT2D eigenvalue weighted by atomic mass is 10.1. The molecule has 154 valence electrons. The van der Waals surface area contributed by atoms with Gasteiger partial charge in [0.15, 0.2) is 11.6 Å². The summed E-state index contributed by atoms with van der Waals surface area (Å²) in [6.07, 6.45) is 7.09. The summed E-state index contributed by atoms with van der Waals surface area (Å²) in [5.41, 5.74) is 2.28. The first-order chi connectivity index (χ1) is 14.6. The molecule has 3 aromatic heterocycles. The van der Waals surface area contributed by atoms with Crippen molar-refractivity contribution in [3.63, 3.8) is 0 Å². The molecule has 1 fully saturated rings. The molecule has 1 N–H and O–H groups in total. The number of aromatic nitrogens is 4. The van der Waals surface area contributed by atoms with E-state index in [-0.39, 0.29) is 0 Å².